The maximum atomic E-state index is 2.51. The maximum Gasteiger partial charge on any atom is 0.0555 e. The highest BCUT2D eigenvalue weighted by atomic mass is 32.1. The van der Waals surface area contributed by atoms with Gasteiger partial charge in [0.25, 0.3) is 0 Å². The van der Waals surface area contributed by atoms with Crippen molar-refractivity contribution in [3.05, 3.63) is 212 Å². The molecule has 11 rings (SSSR count). The molecule has 0 aliphatic carbocycles. The second-order valence-electron chi connectivity index (χ2n) is 14.5. The molecule has 0 atom stereocenters. The highest BCUT2D eigenvalue weighted by Crippen LogP contribution is 2.51. The van der Waals surface area contributed by atoms with E-state index in [4.69, 9.17) is 0 Å². The Morgan fingerprint density at radius 1 is 0.298 bits per heavy atom. The molecule has 0 fully saturated rings. The van der Waals surface area contributed by atoms with E-state index in [1.807, 2.05) is 22.7 Å². The van der Waals surface area contributed by atoms with E-state index in [2.05, 4.69) is 217 Å². The number of nitrogens with zero attached hydrogens (tertiary/aromatic N) is 1. The molecular formula is C54H35NS2. The van der Waals surface area contributed by atoms with Crippen LogP contribution >= 0.6 is 22.7 Å². The van der Waals surface area contributed by atoms with Gasteiger partial charge in [0.05, 0.1) is 11.4 Å². The molecule has 0 aliphatic heterocycles. The summed E-state index contributed by atoms with van der Waals surface area (Å²) in [5.74, 6) is 0. The van der Waals surface area contributed by atoms with Crippen LogP contribution < -0.4 is 4.90 Å². The van der Waals surface area contributed by atoms with Crippen LogP contribution in [-0.4, -0.2) is 0 Å². The van der Waals surface area contributed by atoms with Crippen LogP contribution in [0, 0.1) is 0 Å². The van der Waals surface area contributed by atoms with Gasteiger partial charge in [-0.25, -0.2) is 0 Å². The lowest BCUT2D eigenvalue weighted by Gasteiger charge is -2.28. The molecule has 57 heavy (non-hydrogen) atoms. The van der Waals surface area contributed by atoms with Gasteiger partial charge in [-0.1, -0.05) is 170 Å². The number of hydrogen-bond donors (Lipinski definition) is 0. The van der Waals surface area contributed by atoms with Crippen molar-refractivity contribution in [3.8, 4) is 44.5 Å². The molecule has 11 aromatic rings. The van der Waals surface area contributed by atoms with Gasteiger partial charge in [-0.2, -0.15) is 0 Å². The van der Waals surface area contributed by atoms with Crippen molar-refractivity contribution in [2.24, 2.45) is 0 Å². The van der Waals surface area contributed by atoms with Gasteiger partial charge >= 0.3 is 0 Å². The fraction of sp³-hybridized carbons (Fsp3) is 0. The summed E-state index contributed by atoms with van der Waals surface area (Å²) < 4.78 is 5.16. The third-order valence-corrected chi connectivity index (χ3v) is 13.4. The Balaban J connectivity index is 1.12. The van der Waals surface area contributed by atoms with Crippen molar-refractivity contribution in [3.63, 3.8) is 0 Å². The highest BCUT2D eigenvalue weighted by Gasteiger charge is 2.24. The van der Waals surface area contributed by atoms with Crippen LogP contribution in [0.5, 0.6) is 0 Å². The summed E-state index contributed by atoms with van der Waals surface area (Å²) in [6.45, 7) is 0. The van der Waals surface area contributed by atoms with Crippen LogP contribution in [0.2, 0.25) is 0 Å². The van der Waals surface area contributed by atoms with Gasteiger partial charge in [0.2, 0.25) is 0 Å². The van der Waals surface area contributed by atoms with E-state index in [9.17, 15) is 0 Å². The molecular weight excluding hydrogens is 727 g/mol. The second-order valence-corrected chi connectivity index (χ2v) is 16.6. The average Bonchev–Trinajstić information content (AvgIpc) is 3.87. The predicted molar refractivity (Wildman–Crippen MR) is 249 cm³/mol. The molecule has 0 bridgehead atoms. The number of thiophene rings is 2. The van der Waals surface area contributed by atoms with Crippen molar-refractivity contribution < 1.29 is 0 Å². The van der Waals surface area contributed by atoms with Crippen molar-refractivity contribution in [2.75, 3.05) is 4.90 Å². The summed E-state index contributed by atoms with van der Waals surface area (Å²) in [4.78, 5) is 2.51. The molecule has 2 heterocycles. The summed E-state index contributed by atoms with van der Waals surface area (Å²) in [5.41, 5.74) is 13.3. The van der Waals surface area contributed by atoms with E-state index in [1.54, 1.807) is 0 Å². The second kappa shape index (κ2) is 14.1. The van der Waals surface area contributed by atoms with E-state index in [0.717, 1.165) is 5.69 Å². The van der Waals surface area contributed by atoms with Gasteiger partial charge in [-0.15, -0.1) is 22.7 Å². The molecule has 0 radical (unpaired) electrons. The molecule has 9 aromatic carbocycles. The standard InChI is InChI=1S/C54H35NS2/c1-4-13-36(14-5-1)38-23-25-39(26-24-38)40-27-30-43(31-28-40)55(47-20-12-22-50-52(47)46-32-29-42(35-51(46)56-50)37-15-6-2-7-16-37)48-34-33-44(41-17-8-3-9-18-41)54-53(48)45-19-10-11-21-49(45)57-54/h1-35H. The minimum Gasteiger partial charge on any atom is -0.309 e. The monoisotopic (exact) mass is 761 g/mol. The molecule has 0 amide bonds. The summed E-state index contributed by atoms with van der Waals surface area (Å²) in [6, 6.07) is 77.5. The van der Waals surface area contributed by atoms with Crippen molar-refractivity contribution in [1.29, 1.82) is 0 Å². The van der Waals surface area contributed by atoms with Crippen LogP contribution in [-0.2, 0) is 0 Å². The van der Waals surface area contributed by atoms with E-state index in [0.29, 0.717) is 0 Å². The minimum absolute atomic E-state index is 1.12. The zero-order valence-electron chi connectivity index (χ0n) is 31.0. The number of benzene rings is 9. The SMILES string of the molecule is c1ccc(-c2ccc(-c3ccc(N(c4cccc5sc6cc(-c7ccccc7)ccc6c45)c4ccc(-c5ccccc5)c5sc6ccccc6c45)cc3)cc2)cc1. The van der Waals surface area contributed by atoms with Crippen LogP contribution in [0.15, 0.2) is 212 Å². The van der Waals surface area contributed by atoms with Gasteiger partial charge in [-0.3, -0.25) is 0 Å². The van der Waals surface area contributed by atoms with E-state index in [1.165, 1.54) is 96.2 Å². The van der Waals surface area contributed by atoms with Crippen LogP contribution in [0.4, 0.5) is 17.1 Å². The summed E-state index contributed by atoms with van der Waals surface area (Å²) in [6.07, 6.45) is 0. The van der Waals surface area contributed by atoms with E-state index in [-0.39, 0.29) is 0 Å². The first-order chi connectivity index (χ1) is 28.3. The molecule has 0 unspecified atom stereocenters. The number of hydrogen-bond acceptors (Lipinski definition) is 3. The number of anilines is 3. The molecule has 0 spiro atoms. The molecule has 0 saturated carbocycles. The van der Waals surface area contributed by atoms with Crippen LogP contribution in [0.3, 0.4) is 0 Å². The minimum atomic E-state index is 1.12. The highest BCUT2D eigenvalue weighted by molar-refractivity contribution is 7.26. The van der Waals surface area contributed by atoms with Gasteiger partial charge in [0.15, 0.2) is 0 Å². The average molecular weight is 762 g/mol. The topological polar surface area (TPSA) is 3.24 Å². The van der Waals surface area contributed by atoms with Crippen LogP contribution in [0.1, 0.15) is 0 Å². The molecule has 0 N–H and O–H groups in total. The van der Waals surface area contributed by atoms with Crippen molar-refractivity contribution >= 4 is 80.1 Å². The molecule has 1 nitrogen and oxygen atoms in total. The maximum absolute atomic E-state index is 2.51. The third kappa shape index (κ3) is 5.91. The summed E-state index contributed by atoms with van der Waals surface area (Å²) >= 11 is 3.76. The van der Waals surface area contributed by atoms with E-state index >= 15 is 0 Å². The number of fused-ring (bicyclic) bond motifs is 6. The summed E-state index contributed by atoms with van der Waals surface area (Å²) in [7, 11) is 0. The lowest BCUT2D eigenvalue weighted by Crippen LogP contribution is -2.11. The smallest absolute Gasteiger partial charge is 0.0555 e. The normalized spacial score (nSPS) is 11.5. The van der Waals surface area contributed by atoms with Gasteiger partial charge in [0.1, 0.15) is 0 Å². The molecule has 0 aliphatic rings. The fourth-order valence-electron chi connectivity index (χ4n) is 8.34. The Kier molecular flexibility index (Phi) is 8.28. The first-order valence-corrected chi connectivity index (χ1v) is 21.0. The summed E-state index contributed by atoms with van der Waals surface area (Å²) in [5, 5.41) is 5.11. The van der Waals surface area contributed by atoms with Crippen LogP contribution in [0.25, 0.3) is 84.9 Å². The first kappa shape index (κ1) is 33.5. The van der Waals surface area contributed by atoms with Gasteiger partial charge in [-0.05, 0) is 87.0 Å². The van der Waals surface area contributed by atoms with Gasteiger partial charge in [0, 0.05) is 46.0 Å². The van der Waals surface area contributed by atoms with Crippen molar-refractivity contribution in [1.82, 2.24) is 0 Å². The Morgan fingerprint density at radius 2 is 0.807 bits per heavy atom. The quantitative estimate of drug-likeness (QED) is 0.156. The lowest BCUT2D eigenvalue weighted by atomic mass is 9.98. The number of rotatable bonds is 7. The van der Waals surface area contributed by atoms with Crippen molar-refractivity contribution in [2.45, 2.75) is 0 Å². The van der Waals surface area contributed by atoms with E-state index < -0.39 is 0 Å². The Bertz CT molecular complexity index is 3200. The predicted octanol–water partition coefficient (Wildman–Crippen LogP) is 16.6. The Labute approximate surface area is 340 Å². The lowest BCUT2D eigenvalue weighted by molar-refractivity contribution is 1.32. The molecule has 268 valence electrons. The fourth-order valence-corrected chi connectivity index (χ4v) is 10.8. The Hall–Kier alpha value is -6.78. The molecule has 3 heteroatoms. The third-order valence-electron chi connectivity index (χ3n) is 11.1. The first-order valence-electron chi connectivity index (χ1n) is 19.3. The zero-order chi connectivity index (χ0) is 37.7. The molecule has 0 saturated heterocycles. The molecule has 2 aromatic heterocycles. The zero-order valence-corrected chi connectivity index (χ0v) is 32.6. The largest absolute Gasteiger partial charge is 0.309 e. The Morgan fingerprint density at radius 3 is 1.49 bits per heavy atom. The van der Waals surface area contributed by atoms with Gasteiger partial charge < -0.3 is 4.90 Å².